The number of rotatable bonds is 14. The van der Waals surface area contributed by atoms with Gasteiger partial charge in [0.25, 0.3) is 11.7 Å². The Labute approximate surface area is 523 Å². The molecular weight excluding hydrogens is 1120 g/mol. The van der Waals surface area contributed by atoms with E-state index in [0.717, 1.165) is 150 Å². The molecule has 4 aliphatic heterocycles. The van der Waals surface area contributed by atoms with Crippen molar-refractivity contribution in [3.8, 4) is 56.7 Å². The number of likely N-dealkylation sites (N-methyl/N-ethyl adjacent to an activating group) is 1. The van der Waals surface area contributed by atoms with Crippen molar-refractivity contribution >= 4 is 57.2 Å². The molecule has 8 fully saturated rings. The predicted molar refractivity (Wildman–Crippen MR) is 352 cm³/mol. The second-order valence-electron chi connectivity index (χ2n) is 26.6. The first kappa shape index (κ1) is 55.8. The monoisotopic (exact) mass is 1200 g/mol. The van der Waals surface area contributed by atoms with Gasteiger partial charge in [-0.1, -0.05) is 48.5 Å². The molecule has 6 aromatic heterocycles. The van der Waals surface area contributed by atoms with Crippen LogP contribution in [-0.4, -0.2) is 107 Å². The number of nitrogens with zero attached hydrogens (tertiary/aromatic N) is 12. The highest BCUT2D eigenvalue weighted by Crippen LogP contribution is 2.47. The van der Waals surface area contributed by atoms with Gasteiger partial charge in [-0.25, -0.2) is 29.5 Å². The number of nitrogens with two attached hydrogens (primary N) is 4. The molecule has 90 heavy (non-hydrogen) atoms. The number of nitrogen functional groups attached to an aromatic ring is 2. The smallest absolute Gasteiger partial charge is 0.283 e. The Balaban J connectivity index is 0.644. The fourth-order valence-electron chi connectivity index (χ4n) is 15.8. The Bertz CT molecular complexity index is 4470. The molecule has 454 valence electrons. The summed E-state index contributed by atoms with van der Waals surface area (Å²) < 4.78 is 6.02. The van der Waals surface area contributed by atoms with Gasteiger partial charge in [-0.15, -0.1) is 0 Å². The highest BCUT2D eigenvalue weighted by molar-refractivity contribution is 5.87. The van der Waals surface area contributed by atoms with Gasteiger partial charge in [0.2, 0.25) is 5.91 Å². The first-order valence-corrected chi connectivity index (χ1v) is 32.0. The van der Waals surface area contributed by atoms with Crippen LogP contribution in [0.25, 0.3) is 79.0 Å². The Morgan fingerprint density at radius 3 is 1.68 bits per heavy atom. The standard InChI is InChI=1S/C72H74N16O2/c1-43(89)82(2)54-37-55-39-56(38-54)86(55)53-13-5-11-45(36-53)60-25-27-62-70(79-60)88(51-22-18-49(19-23-51)72(76)30-9-31-72)68(81-62)58-15-7-33-84(66(58)74)42-63(90)83(3)64-46-34-47(64)41-85(40-46)52-12-4-10-44(35-52)59-24-26-61-69(78-59)87(67(80-61)57-14-6-32-77-65(57)73)50-20-16-48(17-21-50)71(75)28-8-29-71/h4-7,10-27,32-33,35-36,46-47,54-56,64,74H,8-9,28-31,34,37-42,75-76H2,1-3H3,(H2,73,77,80)/p+1. The van der Waals surface area contributed by atoms with Crippen LogP contribution in [0.1, 0.15) is 82.3 Å². The van der Waals surface area contributed by atoms with Crippen LogP contribution in [0.5, 0.6) is 0 Å². The van der Waals surface area contributed by atoms with Crippen LogP contribution in [0, 0.1) is 11.8 Å². The maximum absolute atomic E-state index is 14.6. The highest BCUT2D eigenvalue weighted by atomic mass is 16.2. The second-order valence-corrected chi connectivity index (χ2v) is 26.6. The van der Waals surface area contributed by atoms with E-state index in [1.54, 1.807) is 13.1 Å². The SMILES string of the molecule is CC(=O)N(C)C1CC2CC(C1)N2c1cccc(-c2ccc3nc(-c4ccc[n+](CC(=O)N(C)C5C6CC5CN(c5cccc(-c7ccc8nc(-c9cccnc9N)n(-c9ccc(C%10(N)CCC%10)cc9)c8n7)c5)C6)c4N)n(-c4ccc(C5(N)CCC5)cc4)c3n2)c1. The van der Waals surface area contributed by atoms with Crippen molar-refractivity contribution in [2.45, 2.75) is 113 Å². The van der Waals surface area contributed by atoms with Crippen molar-refractivity contribution in [3.05, 3.63) is 169 Å². The summed E-state index contributed by atoms with van der Waals surface area (Å²) in [4.78, 5) is 61.3. The zero-order valence-electron chi connectivity index (χ0n) is 51.2. The molecule has 4 bridgehead atoms. The lowest BCUT2D eigenvalue weighted by Gasteiger charge is -2.58. The Hall–Kier alpha value is -9.52. The van der Waals surface area contributed by atoms with Crippen molar-refractivity contribution in [1.29, 1.82) is 0 Å². The van der Waals surface area contributed by atoms with Crippen LogP contribution in [0.3, 0.4) is 0 Å². The normalized spacial score (nSPS) is 21.9. The van der Waals surface area contributed by atoms with Crippen molar-refractivity contribution in [3.63, 3.8) is 0 Å². The van der Waals surface area contributed by atoms with E-state index in [4.69, 9.17) is 42.9 Å². The molecule has 0 radical (unpaired) electrons. The van der Waals surface area contributed by atoms with Gasteiger partial charge in [-0.05, 0) is 184 Å². The van der Waals surface area contributed by atoms with Gasteiger partial charge in [-0.3, -0.25) is 24.5 Å². The van der Waals surface area contributed by atoms with E-state index >= 15 is 0 Å². The van der Waals surface area contributed by atoms with Gasteiger partial charge in [0.05, 0.1) is 23.1 Å². The molecule has 0 spiro atoms. The maximum Gasteiger partial charge on any atom is 0.283 e. The number of carbonyl (C=O) groups excluding carboxylic acids is 2. The summed E-state index contributed by atoms with van der Waals surface area (Å²) in [6.45, 7) is 3.39. The number of piperidine rings is 3. The molecule has 4 unspecified atom stereocenters. The van der Waals surface area contributed by atoms with E-state index in [9.17, 15) is 9.59 Å². The topological polar surface area (TPSA) is 229 Å². The third-order valence-electron chi connectivity index (χ3n) is 21.4. The van der Waals surface area contributed by atoms with Gasteiger partial charge in [0.1, 0.15) is 22.4 Å². The second kappa shape index (κ2) is 21.3. The van der Waals surface area contributed by atoms with E-state index in [0.29, 0.717) is 58.4 Å². The molecule has 18 nitrogen and oxygen atoms in total. The largest absolute Gasteiger partial charge is 0.383 e. The van der Waals surface area contributed by atoms with Gasteiger partial charge < -0.3 is 36.8 Å². The van der Waals surface area contributed by atoms with E-state index in [2.05, 4.69) is 121 Å². The minimum absolute atomic E-state index is 0.00101. The quantitative estimate of drug-likeness (QED) is 0.0744. The molecule has 4 saturated heterocycles. The molecule has 10 heterocycles. The molecule has 18 heteroatoms. The summed E-state index contributed by atoms with van der Waals surface area (Å²) in [6.07, 6.45) is 13.9. The number of amides is 2. The van der Waals surface area contributed by atoms with Gasteiger partial charge in [-0.2, -0.15) is 0 Å². The predicted octanol–water partition coefficient (Wildman–Crippen LogP) is 9.92. The first-order valence-electron chi connectivity index (χ1n) is 32.0. The summed E-state index contributed by atoms with van der Waals surface area (Å²) >= 11 is 0. The van der Waals surface area contributed by atoms with Crippen LogP contribution >= 0.6 is 0 Å². The summed E-state index contributed by atoms with van der Waals surface area (Å²) in [5.74, 6) is 2.86. The number of hydrogen-bond acceptors (Lipinski definition) is 13. The molecular formula is C72H75N16O2+. The molecule has 4 aliphatic carbocycles. The Kier molecular flexibility index (Phi) is 13.2. The number of carbonyl (C=O) groups is 2. The zero-order chi connectivity index (χ0) is 61.3. The van der Waals surface area contributed by atoms with Gasteiger partial charge in [0, 0.05) is 109 Å². The first-order chi connectivity index (χ1) is 43.6. The summed E-state index contributed by atoms with van der Waals surface area (Å²) in [7, 11) is 3.89. The minimum Gasteiger partial charge on any atom is -0.383 e. The average molecular weight is 1200 g/mol. The summed E-state index contributed by atoms with van der Waals surface area (Å²) in [5, 5.41) is 0. The Morgan fingerprint density at radius 1 is 0.589 bits per heavy atom. The van der Waals surface area contributed by atoms with E-state index in [-0.39, 0.29) is 41.5 Å². The van der Waals surface area contributed by atoms with Crippen LogP contribution in [-0.2, 0) is 27.2 Å². The molecule has 8 N–H and O–H groups in total. The van der Waals surface area contributed by atoms with Crippen molar-refractivity contribution in [2.75, 3.05) is 48.5 Å². The molecule has 2 amide bonds. The van der Waals surface area contributed by atoms with Crippen LogP contribution in [0.4, 0.5) is 23.0 Å². The lowest BCUT2D eigenvalue weighted by Crippen LogP contribution is -2.65. The number of hydrogen-bond donors (Lipinski definition) is 4. The third-order valence-corrected chi connectivity index (χ3v) is 21.4. The number of aromatic nitrogens is 8. The number of pyridine rings is 4. The fraction of sp³-hybridized carbons (Fsp3) is 0.333. The molecule has 10 aromatic rings. The fourth-order valence-corrected chi connectivity index (χ4v) is 15.8. The van der Waals surface area contributed by atoms with Gasteiger partial charge >= 0.3 is 0 Å². The van der Waals surface area contributed by atoms with E-state index < -0.39 is 0 Å². The van der Waals surface area contributed by atoms with E-state index in [1.165, 1.54) is 5.69 Å². The number of benzene rings is 4. The molecule has 4 atom stereocenters. The maximum atomic E-state index is 14.6. The van der Waals surface area contributed by atoms with Crippen LogP contribution < -0.4 is 37.3 Å². The number of anilines is 4. The lowest BCUT2D eigenvalue weighted by atomic mass is 9.65. The Morgan fingerprint density at radius 2 is 1.13 bits per heavy atom. The van der Waals surface area contributed by atoms with Crippen molar-refractivity contribution in [2.24, 2.45) is 23.3 Å². The van der Waals surface area contributed by atoms with Crippen LogP contribution in [0.15, 0.2) is 158 Å². The highest BCUT2D eigenvalue weighted by Gasteiger charge is 2.50. The zero-order valence-corrected chi connectivity index (χ0v) is 51.2. The molecule has 8 aliphatic rings. The molecule has 4 saturated carbocycles. The van der Waals surface area contributed by atoms with Crippen molar-refractivity contribution in [1.82, 2.24) is 43.9 Å². The van der Waals surface area contributed by atoms with Crippen LogP contribution in [0.2, 0.25) is 0 Å². The third kappa shape index (κ3) is 9.27. The molecule has 18 rings (SSSR count). The number of imidazole rings is 2. The molecule has 4 aromatic carbocycles. The number of fused-ring (bicyclic) bond motifs is 6. The summed E-state index contributed by atoms with van der Waals surface area (Å²) in [6, 6.07) is 51.3. The minimum atomic E-state index is -0.321. The average Bonchev–Trinajstić information content (AvgIpc) is 1.02. The lowest BCUT2D eigenvalue weighted by molar-refractivity contribution is -0.670. The van der Waals surface area contributed by atoms with Gasteiger partial charge in [0.15, 0.2) is 29.5 Å². The van der Waals surface area contributed by atoms with Crippen molar-refractivity contribution < 1.29 is 14.2 Å². The van der Waals surface area contributed by atoms with E-state index in [1.807, 2.05) is 83.2 Å². The summed E-state index contributed by atoms with van der Waals surface area (Å²) in [5.41, 5.74) is 41.1.